The summed E-state index contributed by atoms with van der Waals surface area (Å²) in [5.74, 6) is 0.459. The number of amides is 1. The van der Waals surface area contributed by atoms with Gasteiger partial charge in [0.05, 0.1) is 13.2 Å². The molecule has 106 valence electrons. The van der Waals surface area contributed by atoms with Crippen molar-refractivity contribution in [1.82, 2.24) is 10.3 Å². The molecular weight excluding hydrogens is 246 g/mol. The van der Waals surface area contributed by atoms with Gasteiger partial charge in [-0.15, -0.1) is 0 Å². The van der Waals surface area contributed by atoms with Gasteiger partial charge >= 0.3 is 6.09 Å². The molecule has 6 heteroatoms. The topological polar surface area (TPSA) is 86.5 Å². The Hall–Kier alpha value is -1.82. The molecule has 0 aliphatic rings. The second-order valence-corrected chi connectivity index (χ2v) is 5.09. The van der Waals surface area contributed by atoms with Crippen LogP contribution in [0.15, 0.2) is 18.3 Å². The lowest BCUT2D eigenvalue weighted by Gasteiger charge is -2.21. The minimum absolute atomic E-state index is 0.247. The molecule has 0 aromatic carbocycles. The van der Waals surface area contributed by atoms with Crippen LogP contribution in [0.25, 0.3) is 0 Å². The van der Waals surface area contributed by atoms with Crippen LogP contribution in [0.1, 0.15) is 32.4 Å². The number of carbonyl (C=O) groups excluding carboxylic acids is 1. The Balaban J connectivity index is 2.56. The van der Waals surface area contributed by atoms with Crippen LogP contribution in [0.3, 0.4) is 0 Å². The SMILES string of the molecule is COc1ncccc1C(N)CNC(=O)OC(C)(C)C. The Morgan fingerprint density at radius 2 is 2.21 bits per heavy atom. The van der Waals surface area contributed by atoms with Crippen molar-refractivity contribution in [2.45, 2.75) is 32.4 Å². The van der Waals surface area contributed by atoms with Crippen molar-refractivity contribution in [2.75, 3.05) is 13.7 Å². The third-order valence-electron chi connectivity index (χ3n) is 2.26. The molecular formula is C13H21N3O3. The highest BCUT2D eigenvalue weighted by molar-refractivity contribution is 5.67. The summed E-state index contributed by atoms with van der Waals surface area (Å²) < 4.78 is 10.2. The lowest BCUT2D eigenvalue weighted by molar-refractivity contribution is 0.0524. The first-order chi connectivity index (χ1) is 8.83. The van der Waals surface area contributed by atoms with Crippen molar-refractivity contribution in [3.63, 3.8) is 0 Å². The summed E-state index contributed by atoms with van der Waals surface area (Å²) >= 11 is 0. The number of rotatable bonds is 4. The van der Waals surface area contributed by atoms with Gasteiger partial charge in [0, 0.05) is 18.3 Å². The van der Waals surface area contributed by atoms with E-state index in [0.29, 0.717) is 5.88 Å². The normalized spacial score (nSPS) is 12.7. The second-order valence-electron chi connectivity index (χ2n) is 5.09. The summed E-state index contributed by atoms with van der Waals surface area (Å²) in [5, 5.41) is 2.62. The molecule has 1 rings (SSSR count). The van der Waals surface area contributed by atoms with E-state index in [2.05, 4.69) is 10.3 Å². The zero-order valence-corrected chi connectivity index (χ0v) is 11.8. The van der Waals surface area contributed by atoms with Crippen molar-refractivity contribution < 1.29 is 14.3 Å². The van der Waals surface area contributed by atoms with E-state index in [1.807, 2.05) is 6.07 Å². The van der Waals surface area contributed by atoms with E-state index < -0.39 is 17.7 Å². The van der Waals surface area contributed by atoms with E-state index in [-0.39, 0.29) is 6.54 Å². The van der Waals surface area contributed by atoms with Crippen molar-refractivity contribution in [2.24, 2.45) is 5.73 Å². The first-order valence-corrected chi connectivity index (χ1v) is 6.05. The second kappa shape index (κ2) is 6.38. The predicted octanol–water partition coefficient (Wildman–Crippen LogP) is 1.61. The Labute approximate surface area is 113 Å². The fourth-order valence-corrected chi connectivity index (χ4v) is 1.47. The maximum Gasteiger partial charge on any atom is 0.407 e. The van der Waals surface area contributed by atoms with Crippen LogP contribution in [0.2, 0.25) is 0 Å². The molecule has 0 aliphatic heterocycles. The number of hydrogen-bond acceptors (Lipinski definition) is 5. The van der Waals surface area contributed by atoms with E-state index in [9.17, 15) is 4.79 Å². The Morgan fingerprint density at radius 3 is 2.79 bits per heavy atom. The van der Waals surface area contributed by atoms with Crippen LogP contribution in [-0.2, 0) is 4.74 Å². The molecule has 0 radical (unpaired) electrons. The van der Waals surface area contributed by atoms with Crippen LogP contribution < -0.4 is 15.8 Å². The molecule has 19 heavy (non-hydrogen) atoms. The number of carbonyl (C=O) groups is 1. The number of alkyl carbamates (subject to hydrolysis) is 1. The fraction of sp³-hybridized carbons (Fsp3) is 0.538. The molecule has 1 atom stereocenters. The highest BCUT2D eigenvalue weighted by Gasteiger charge is 2.18. The molecule has 0 saturated heterocycles. The van der Waals surface area contributed by atoms with E-state index in [1.54, 1.807) is 33.0 Å². The van der Waals surface area contributed by atoms with Gasteiger partial charge in [-0.1, -0.05) is 6.07 Å². The van der Waals surface area contributed by atoms with E-state index in [0.717, 1.165) is 5.56 Å². The van der Waals surface area contributed by atoms with Gasteiger partial charge in [0.25, 0.3) is 0 Å². The zero-order valence-electron chi connectivity index (χ0n) is 11.8. The Bertz CT molecular complexity index is 429. The number of aromatic nitrogens is 1. The van der Waals surface area contributed by atoms with Gasteiger partial charge in [0.2, 0.25) is 5.88 Å². The van der Waals surface area contributed by atoms with Crippen molar-refractivity contribution in [1.29, 1.82) is 0 Å². The van der Waals surface area contributed by atoms with Gasteiger partial charge < -0.3 is 20.5 Å². The molecule has 1 aromatic rings. The third-order valence-corrected chi connectivity index (χ3v) is 2.26. The van der Waals surface area contributed by atoms with Crippen molar-refractivity contribution in [3.8, 4) is 5.88 Å². The number of hydrogen-bond donors (Lipinski definition) is 2. The number of ether oxygens (including phenoxy) is 2. The van der Waals surface area contributed by atoms with E-state index in [4.69, 9.17) is 15.2 Å². The van der Waals surface area contributed by atoms with Crippen molar-refractivity contribution in [3.05, 3.63) is 23.9 Å². The maximum absolute atomic E-state index is 11.5. The van der Waals surface area contributed by atoms with Gasteiger partial charge in [-0.05, 0) is 26.8 Å². The van der Waals surface area contributed by atoms with Crippen LogP contribution in [0.4, 0.5) is 4.79 Å². The summed E-state index contributed by atoms with van der Waals surface area (Å²) in [6.07, 6.45) is 1.13. The van der Waals surface area contributed by atoms with Gasteiger partial charge in [-0.25, -0.2) is 9.78 Å². The monoisotopic (exact) mass is 267 g/mol. The van der Waals surface area contributed by atoms with Crippen molar-refractivity contribution >= 4 is 6.09 Å². The molecule has 0 aliphatic carbocycles. The highest BCUT2D eigenvalue weighted by Crippen LogP contribution is 2.19. The third kappa shape index (κ3) is 5.13. The average Bonchev–Trinajstić information content (AvgIpc) is 2.33. The smallest absolute Gasteiger partial charge is 0.407 e. The molecule has 1 aromatic heterocycles. The van der Waals surface area contributed by atoms with Crippen LogP contribution >= 0.6 is 0 Å². The summed E-state index contributed by atoms with van der Waals surface area (Å²) in [5.41, 5.74) is 6.20. The lowest BCUT2D eigenvalue weighted by Crippen LogP contribution is -2.36. The molecule has 0 saturated carbocycles. The number of nitrogens with zero attached hydrogens (tertiary/aromatic N) is 1. The van der Waals surface area contributed by atoms with Gasteiger partial charge in [-0.3, -0.25) is 0 Å². The maximum atomic E-state index is 11.5. The molecule has 0 fully saturated rings. The molecule has 1 heterocycles. The van der Waals surface area contributed by atoms with E-state index in [1.165, 1.54) is 7.11 Å². The minimum Gasteiger partial charge on any atom is -0.481 e. The van der Waals surface area contributed by atoms with Gasteiger partial charge in [0.1, 0.15) is 5.60 Å². The quantitative estimate of drug-likeness (QED) is 0.865. The molecule has 0 spiro atoms. The predicted molar refractivity (Wildman–Crippen MR) is 72.0 cm³/mol. The number of methoxy groups -OCH3 is 1. The molecule has 1 amide bonds. The first-order valence-electron chi connectivity index (χ1n) is 6.05. The average molecular weight is 267 g/mol. The molecule has 0 bridgehead atoms. The number of pyridine rings is 1. The van der Waals surface area contributed by atoms with Crippen LogP contribution in [0.5, 0.6) is 5.88 Å². The number of nitrogens with one attached hydrogen (secondary N) is 1. The molecule has 1 unspecified atom stereocenters. The lowest BCUT2D eigenvalue weighted by atomic mass is 10.1. The summed E-state index contributed by atoms with van der Waals surface area (Å²) in [6, 6.07) is 3.18. The Morgan fingerprint density at radius 1 is 1.53 bits per heavy atom. The minimum atomic E-state index is -0.528. The summed E-state index contributed by atoms with van der Waals surface area (Å²) in [7, 11) is 1.53. The van der Waals surface area contributed by atoms with E-state index >= 15 is 0 Å². The standard InChI is InChI=1S/C13H21N3O3/c1-13(2,3)19-12(17)16-8-10(14)9-6-5-7-15-11(9)18-4/h5-7,10H,8,14H2,1-4H3,(H,16,17). The molecule has 6 nitrogen and oxygen atoms in total. The molecule has 3 N–H and O–H groups in total. The summed E-state index contributed by atoms with van der Waals surface area (Å²) in [6.45, 7) is 5.65. The number of nitrogens with two attached hydrogens (primary N) is 1. The first kappa shape index (κ1) is 15.2. The Kier molecular flexibility index (Phi) is 5.11. The van der Waals surface area contributed by atoms with Crippen LogP contribution in [0, 0.1) is 0 Å². The fourth-order valence-electron chi connectivity index (χ4n) is 1.47. The van der Waals surface area contributed by atoms with Gasteiger partial charge in [-0.2, -0.15) is 0 Å². The zero-order chi connectivity index (χ0) is 14.5. The summed E-state index contributed by atoms with van der Waals surface area (Å²) in [4.78, 5) is 15.6. The largest absolute Gasteiger partial charge is 0.481 e. The van der Waals surface area contributed by atoms with Gasteiger partial charge in [0.15, 0.2) is 0 Å². The highest BCUT2D eigenvalue weighted by atomic mass is 16.6. The van der Waals surface area contributed by atoms with Crippen LogP contribution in [-0.4, -0.2) is 30.3 Å².